The van der Waals surface area contributed by atoms with Crippen molar-refractivity contribution in [1.82, 2.24) is 0 Å². The lowest BCUT2D eigenvalue weighted by molar-refractivity contribution is -0.155. The highest BCUT2D eigenvalue weighted by Crippen LogP contribution is 2.13. The molecule has 16 heavy (non-hydrogen) atoms. The molecule has 0 rings (SSSR count). The van der Waals surface area contributed by atoms with Crippen LogP contribution in [0.5, 0.6) is 0 Å². The van der Waals surface area contributed by atoms with Crippen LogP contribution in [0.4, 0.5) is 4.39 Å². The van der Waals surface area contributed by atoms with Crippen LogP contribution in [0.3, 0.4) is 0 Å². The molecule has 0 aliphatic carbocycles. The van der Waals surface area contributed by atoms with Gasteiger partial charge in [-0.25, -0.2) is 9.18 Å². The monoisotopic (exact) mass is 298 g/mol. The number of hydrogen-bond acceptors (Lipinski definition) is 4. The Balaban J connectivity index is 4.09. The van der Waals surface area contributed by atoms with Crippen molar-refractivity contribution in [3.05, 3.63) is 0 Å². The standard InChI is InChI=1S/C10H16BrFO4/c1-3-5-15-9(13)7(11)8(12)10(14)16-6-4-2/h7-8H,3-6H2,1-2H3/t7-,8-/m1/s1. The molecule has 0 N–H and O–H groups in total. The van der Waals surface area contributed by atoms with E-state index in [-0.39, 0.29) is 13.2 Å². The molecule has 0 aromatic rings. The van der Waals surface area contributed by atoms with Crippen molar-refractivity contribution in [2.45, 2.75) is 37.7 Å². The van der Waals surface area contributed by atoms with E-state index in [9.17, 15) is 14.0 Å². The average molecular weight is 299 g/mol. The van der Waals surface area contributed by atoms with Crippen LogP contribution in [0, 0.1) is 0 Å². The van der Waals surface area contributed by atoms with Gasteiger partial charge in [0, 0.05) is 0 Å². The summed E-state index contributed by atoms with van der Waals surface area (Å²) < 4.78 is 22.6. The zero-order chi connectivity index (χ0) is 12.6. The van der Waals surface area contributed by atoms with E-state index in [1.54, 1.807) is 6.92 Å². The van der Waals surface area contributed by atoms with Gasteiger partial charge >= 0.3 is 11.9 Å². The second kappa shape index (κ2) is 8.50. The topological polar surface area (TPSA) is 52.6 Å². The maximum absolute atomic E-state index is 13.4. The van der Waals surface area contributed by atoms with Gasteiger partial charge in [-0.1, -0.05) is 29.8 Å². The summed E-state index contributed by atoms with van der Waals surface area (Å²) in [7, 11) is 0. The number of carbonyl (C=O) groups excluding carboxylic acids is 2. The van der Waals surface area contributed by atoms with E-state index in [1.807, 2.05) is 6.92 Å². The summed E-state index contributed by atoms with van der Waals surface area (Å²) in [6, 6.07) is 0. The summed E-state index contributed by atoms with van der Waals surface area (Å²) in [5.74, 6) is -1.83. The third kappa shape index (κ3) is 5.44. The summed E-state index contributed by atoms with van der Waals surface area (Å²) >= 11 is 2.78. The fourth-order valence-corrected chi connectivity index (χ4v) is 1.15. The Morgan fingerprint density at radius 2 is 1.56 bits per heavy atom. The van der Waals surface area contributed by atoms with Gasteiger partial charge in [-0.15, -0.1) is 0 Å². The predicted molar refractivity (Wildman–Crippen MR) is 60.1 cm³/mol. The van der Waals surface area contributed by atoms with Crippen LogP contribution in [-0.4, -0.2) is 36.2 Å². The van der Waals surface area contributed by atoms with Crippen molar-refractivity contribution in [1.29, 1.82) is 0 Å². The fraction of sp³-hybridized carbons (Fsp3) is 0.800. The molecule has 0 aliphatic rings. The van der Waals surface area contributed by atoms with Crippen LogP contribution in [0.15, 0.2) is 0 Å². The van der Waals surface area contributed by atoms with Crippen LogP contribution >= 0.6 is 15.9 Å². The van der Waals surface area contributed by atoms with Crippen molar-refractivity contribution in [2.24, 2.45) is 0 Å². The first kappa shape index (κ1) is 15.3. The molecule has 0 radical (unpaired) electrons. The Morgan fingerprint density at radius 1 is 1.12 bits per heavy atom. The van der Waals surface area contributed by atoms with Crippen LogP contribution in [0.2, 0.25) is 0 Å². The SMILES string of the molecule is CCCOC(=O)[C@H](F)[C@@H](Br)C(=O)OCCC. The lowest BCUT2D eigenvalue weighted by Crippen LogP contribution is -2.35. The molecule has 0 aromatic heterocycles. The summed E-state index contributed by atoms with van der Waals surface area (Å²) in [5.41, 5.74) is 0. The Bertz CT molecular complexity index is 211. The van der Waals surface area contributed by atoms with Gasteiger partial charge in [0.15, 0.2) is 4.83 Å². The summed E-state index contributed by atoms with van der Waals surface area (Å²) in [6.45, 7) is 3.96. The Labute approximate surface area is 103 Å². The van der Waals surface area contributed by atoms with E-state index in [2.05, 4.69) is 20.7 Å². The van der Waals surface area contributed by atoms with Crippen molar-refractivity contribution < 1.29 is 23.5 Å². The van der Waals surface area contributed by atoms with Crippen molar-refractivity contribution in [3.8, 4) is 0 Å². The van der Waals surface area contributed by atoms with Gasteiger partial charge in [0.05, 0.1) is 13.2 Å². The number of carbonyl (C=O) groups is 2. The first-order valence-electron chi connectivity index (χ1n) is 5.16. The minimum atomic E-state index is -2.03. The zero-order valence-corrected chi connectivity index (χ0v) is 11.0. The molecule has 0 amide bonds. The van der Waals surface area contributed by atoms with Gasteiger partial charge in [-0.05, 0) is 12.8 Å². The zero-order valence-electron chi connectivity index (χ0n) is 9.37. The molecule has 0 fully saturated rings. The van der Waals surface area contributed by atoms with Crippen molar-refractivity contribution in [3.63, 3.8) is 0 Å². The fourth-order valence-electron chi connectivity index (χ4n) is 0.803. The molecule has 0 saturated carbocycles. The Kier molecular flexibility index (Phi) is 8.15. The highest BCUT2D eigenvalue weighted by Gasteiger charge is 2.34. The Morgan fingerprint density at radius 3 is 2.00 bits per heavy atom. The molecule has 6 heteroatoms. The van der Waals surface area contributed by atoms with E-state index in [0.717, 1.165) is 0 Å². The lowest BCUT2D eigenvalue weighted by atomic mass is 10.3. The molecule has 0 aromatic carbocycles. The first-order valence-corrected chi connectivity index (χ1v) is 6.07. The summed E-state index contributed by atoms with van der Waals surface area (Å²) in [5, 5.41) is 0. The van der Waals surface area contributed by atoms with Gasteiger partial charge < -0.3 is 9.47 Å². The molecule has 0 aliphatic heterocycles. The molecular formula is C10H16BrFO4. The van der Waals surface area contributed by atoms with Crippen LogP contribution in [-0.2, 0) is 19.1 Å². The second-order valence-electron chi connectivity index (χ2n) is 3.14. The molecule has 0 bridgehead atoms. The highest BCUT2D eigenvalue weighted by molar-refractivity contribution is 9.10. The molecule has 0 unspecified atom stereocenters. The second-order valence-corrected chi connectivity index (χ2v) is 4.13. The summed E-state index contributed by atoms with van der Waals surface area (Å²) in [6.07, 6.45) is -0.787. The third-order valence-electron chi connectivity index (χ3n) is 1.60. The van der Waals surface area contributed by atoms with Crippen molar-refractivity contribution in [2.75, 3.05) is 13.2 Å². The number of esters is 2. The first-order chi connectivity index (χ1) is 7.54. The molecule has 94 valence electrons. The normalized spacial score (nSPS) is 14.0. The maximum atomic E-state index is 13.4. The number of hydrogen-bond donors (Lipinski definition) is 0. The minimum Gasteiger partial charge on any atom is -0.465 e. The maximum Gasteiger partial charge on any atom is 0.342 e. The van der Waals surface area contributed by atoms with Gasteiger partial charge in [-0.2, -0.15) is 0 Å². The van der Waals surface area contributed by atoms with Crippen LogP contribution < -0.4 is 0 Å². The minimum absolute atomic E-state index is 0.142. The Hall–Kier alpha value is -0.650. The van der Waals surface area contributed by atoms with Gasteiger partial charge in [0.25, 0.3) is 0 Å². The van der Waals surface area contributed by atoms with Gasteiger partial charge in [0.1, 0.15) is 0 Å². The van der Waals surface area contributed by atoms with E-state index in [4.69, 9.17) is 4.74 Å². The number of alkyl halides is 2. The van der Waals surface area contributed by atoms with E-state index in [1.165, 1.54) is 0 Å². The molecule has 4 nitrogen and oxygen atoms in total. The molecule has 0 spiro atoms. The summed E-state index contributed by atoms with van der Waals surface area (Å²) in [4.78, 5) is 21.0. The van der Waals surface area contributed by atoms with Gasteiger partial charge in [-0.3, -0.25) is 4.79 Å². The smallest absolute Gasteiger partial charge is 0.342 e. The molecule has 2 atom stereocenters. The van der Waals surface area contributed by atoms with E-state index >= 15 is 0 Å². The number of ether oxygens (including phenoxy) is 2. The molecule has 0 heterocycles. The molecular weight excluding hydrogens is 283 g/mol. The van der Waals surface area contributed by atoms with Crippen LogP contribution in [0.1, 0.15) is 26.7 Å². The third-order valence-corrected chi connectivity index (χ3v) is 2.44. The highest BCUT2D eigenvalue weighted by atomic mass is 79.9. The molecule has 0 saturated heterocycles. The number of halogens is 2. The van der Waals surface area contributed by atoms with Crippen molar-refractivity contribution >= 4 is 27.9 Å². The lowest BCUT2D eigenvalue weighted by Gasteiger charge is -2.13. The number of rotatable bonds is 7. The quantitative estimate of drug-likeness (QED) is 0.533. The predicted octanol–water partition coefficient (Wildman–Crippen LogP) is 1.99. The van der Waals surface area contributed by atoms with Crippen LogP contribution in [0.25, 0.3) is 0 Å². The van der Waals surface area contributed by atoms with Gasteiger partial charge in [0.2, 0.25) is 6.17 Å². The average Bonchev–Trinajstić information content (AvgIpc) is 2.30. The van der Waals surface area contributed by atoms with E-state index in [0.29, 0.717) is 12.8 Å². The van der Waals surface area contributed by atoms with E-state index < -0.39 is 22.9 Å². The largest absolute Gasteiger partial charge is 0.465 e.